The van der Waals surface area contributed by atoms with E-state index >= 15 is 0 Å². The van der Waals surface area contributed by atoms with Crippen LogP contribution in [0, 0.1) is 0 Å². The Balaban J connectivity index is 3.00. The van der Waals surface area contributed by atoms with Gasteiger partial charge in [0.2, 0.25) is 5.88 Å². The van der Waals surface area contributed by atoms with Gasteiger partial charge in [-0.15, -0.1) is 0 Å². The lowest BCUT2D eigenvalue weighted by molar-refractivity contribution is 0.397. The maximum atomic E-state index is 8.04. The van der Waals surface area contributed by atoms with Crippen molar-refractivity contribution in [3.63, 3.8) is 0 Å². The summed E-state index contributed by atoms with van der Waals surface area (Å²) in [7, 11) is 1.47. The van der Waals surface area contributed by atoms with Crippen LogP contribution in [0.2, 0.25) is 0 Å². The Kier molecular flexibility index (Phi) is 2.24. The van der Waals surface area contributed by atoms with E-state index in [1.165, 1.54) is 19.5 Å². The Morgan fingerprint density at radius 2 is 2.45 bits per heavy atom. The largest absolute Gasteiger partial charge is 0.481 e. The van der Waals surface area contributed by atoms with Gasteiger partial charge in [0.05, 0.1) is 7.11 Å². The molecule has 1 aromatic heterocycles. The van der Waals surface area contributed by atoms with Crippen molar-refractivity contribution >= 4 is 5.82 Å². The van der Waals surface area contributed by atoms with Crippen LogP contribution in [0.1, 0.15) is 0 Å². The minimum absolute atomic E-state index is 0.249. The summed E-state index contributed by atoms with van der Waals surface area (Å²) in [5, 5.41) is 3.26. The minimum Gasteiger partial charge on any atom is -0.481 e. The number of ether oxygens (including phenoxy) is 1. The lowest BCUT2D eigenvalue weighted by Gasteiger charge is -1.95. The molecular formula is C5H5N5O. The first-order valence-corrected chi connectivity index (χ1v) is 2.78. The van der Waals surface area contributed by atoms with Crippen LogP contribution >= 0.6 is 0 Å². The van der Waals surface area contributed by atoms with Crippen LogP contribution < -0.4 is 4.74 Å². The number of azide groups is 1. The lowest BCUT2D eigenvalue weighted by atomic mass is 10.6. The van der Waals surface area contributed by atoms with E-state index in [9.17, 15) is 0 Å². The third kappa shape index (κ3) is 1.80. The molecule has 0 radical (unpaired) electrons. The fraction of sp³-hybridized carbons (Fsp3) is 0.200. The van der Waals surface area contributed by atoms with Gasteiger partial charge in [0.25, 0.3) is 0 Å². The normalized spacial score (nSPS) is 8.45. The minimum atomic E-state index is 0.249. The van der Waals surface area contributed by atoms with Gasteiger partial charge in [-0.25, -0.2) is 9.97 Å². The molecule has 11 heavy (non-hydrogen) atoms. The summed E-state index contributed by atoms with van der Waals surface area (Å²) in [5.41, 5.74) is 8.04. The summed E-state index contributed by atoms with van der Waals surface area (Å²) in [4.78, 5) is 9.95. The molecule has 0 atom stereocenters. The molecule has 0 amide bonds. The molecule has 56 valence electrons. The van der Waals surface area contributed by atoms with Crippen LogP contribution in [-0.2, 0) is 0 Å². The molecule has 0 bridgehead atoms. The highest BCUT2D eigenvalue weighted by Gasteiger charge is 1.93. The molecule has 0 spiro atoms. The van der Waals surface area contributed by atoms with Gasteiger partial charge in [0.15, 0.2) is 0 Å². The van der Waals surface area contributed by atoms with Crippen molar-refractivity contribution in [2.75, 3.05) is 7.11 Å². The Labute approximate surface area is 62.5 Å². The molecule has 0 aromatic carbocycles. The Morgan fingerprint density at radius 1 is 1.64 bits per heavy atom. The zero-order valence-electron chi connectivity index (χ0n) is 5.80. The van der Waals surface area contributed by atoms with Crippen molar-refractivity contribution < 1.29 is 4.74 Å². The Bertz CT molecular complexity index is 293. The average Bonchev–Trinajstić information content (AvgIpc) is 2.06. The molecule has 0 saturated carbocycles. The van der Waals surface area contributed by atoms with Crippen molar-refractivity contribution in [1.29, 1.82) is 0 Å². The van der Waals surface area contributed by atoms with Crippen LogP contribution in [0.25, 0.3) is 10.4 Å². The quantitative estimate of drug-likeness (QED) is 0.364. The number of methoxy groups -OCH3 is 1. The summed E-state index contributed by atoms with van der Waals surface area (Å²) >= 11 is 0. The Morgan fingerprint density at radius 3 is 3.09 bits per heavy atom. The van der Waals surface area contributed by atoms with Gasteiger partial charge in [0.1, 0.15) is 12.1 Å². The zero-order chi connectivity index (χ0) is 8.10. The molecule has 0 fully saturated rings. The number of hydrogen-bond acceptors (Lipinski definition) is 4. The van der Waals surface area contributed by atoms with Crippen LogP contribution in [0.4, 0.5) is 5.82 Å². The third-order valence-electron chi connectivity index (χ3n) is 0.984. The van der Waals surface area contributed by atoms with Gasteiger partial charge in [0, 0.05) is 11.0 Å². The molecule has 1 rings (SSSR count). The van der Waals surface area contributed by atoms with Crippen molar-refractivity contribution in [3.8, 4) is 5.88 Å². The fourth-order valence-corrected chi connectivity index (χ4v) is 0.542. The van der Waals surface area contributed by atoms with Crippen LogP contribution in [-0.4, -0.2) is 17.1 Å². The second kappa shape index (κ2) is 3.38. The van der Waals surface area contributed by atoms with E-state index in [2.05, 4.69) is 20.0 Å². The van der Waals surface area contributed by atoms with E-state index in [4.69, 9.17) is 10.3 Å². The lowest BCUT2D eigenvalue weighted by Crippen LogP contribution is -1.86. The van der Waals surface area contributed by atoms with Gasteiger partial charge < -0.3 is 4.74 Å². The van der Waals surface area contributed by atoms with E-state index in [0.29, 0.717) is 5.88 Å². The maximum absolute atomic E-state index is 8.04. The topological polar surface area (TPSA) is 83.8 Å². The number of hydrogen-bond donors (Lipinski definition) is 0. The molecule has 1 aromatic rings. The average molecular weight is 151 g/mol. The first kappa shape index (κ1) is 7.30. The SMILES string of the molecule is COc1cc(N=[N+]=[N-])ncn1. The summed E-state index contributed by atoms with van der Waals surface area (Å²) in [5.74, 6) is 0.627. The van der Waals surface area contributed by atoms with Crippen molar-refractivity contribution in [2.45, 2.75) is 0 Å². The number of nitrogens with zero attached hydrogens (tertiary/aromatic N) is 5. The number of rotatable bonds is 2. The first-order chi connectivity index (χ1) is 5.36. The van der Waals surface area contributed by atoms with E-state index < -0.39 is 0 Å². The molecule has 0 aliphatic heterocycles. The molecule has 0 aliphatic carbocycles. The molecule has 6 heteroatoms. The fourth-order valence-electron chi connectivity index (χ4n) is 0.542. The summed E-state index contributed by atoms with van der Waals surface area (Å²) in [6, 6.07) is 1.44. The number of aromatic nitrogens is 2. The first-order valence-electron chi connectivity index (χ1n) is 2.78. The molecule has 0 N–H and O–H groups in total. The smallest absolute Gasteiger partial charge is 0.216 e. The van der Waals surface area contributed by atoms with E-state index in [1.54, 1.807) is 0 Å². The van der Waals surface area contributed by atoms with E-state index in [0.717, 1.165) is 0 Å². The van der Waals surface area contributed by atoms with Crippen molar-refractivity contribution in [2.24, 2.45) is 5.11 Å². The van der Waals surface area contributed by atoms with Crippen LogP contribution in [0.5, 0.6) is 5.88 Å². The highest BCUT2D eigenvalue weighted by Crippen LogP contribution is 2.12. The standard InChI is InChI=1S/C5H5N5O/c1-11-5-2-4(9-10-6)7-3-8-5/h2-3H,1H3. The van der Waals surface area contributed by atoms with Crippen LogP contribution in [0.15, 0.2) is 17.5 Å². The molecule has 0 unspecified atom stereocenters. The molecule has 6 nitrogen and oxygen atoms in total. The molecule has 1 heterocycles. The highest BCUT2D eigenvalue weighted by molar-refractivity contribution is 5.29. The maximum Gasteiger partial charge on any atom is 0.216 e. The molecular weight excluding hydrogens is 146 g/mol. The predicted molar refractivity (Wildman–Crippen MR) is 37.4 cm³/mol. The van der Waals surface area contributed by atoms with Gasteiger partial charge in [-0.2, -0.15) is 0 Å². The molecule has 0 saturated heterocycles. The second-order valence-electron chi connectivity index (χ2n) is 1.61. The van der Waals surface area contributed by atoms with E-state index in [1.807, 2.05) is 0 Å². The second-order valence-corrected chi connectivity index (χ2v) is 1.61. The molecule has 0 aliphatic rings. The third-order valence-corrected chi connectivity index (χ3v) is 0.984. The van der Waals surface area contributed by atoms with Gasteiger partial charge in [-0.05, 0) is 10.6 Å². The van der Waals surface area contributed by atoms with Crippen molar-refractivity contribution in [3.05, 3.63) is 22.8 Å². The summed E-state index contributed by atoms with van der Waals surface area (Å²) in [6.07, 6.45) is 1.27. The van der Waals surface area contributed by atoms with Gasteiger partial charge >= 0.3 is 0 Å². The van der Waals surface area contributed by atoms with Gasteiger partial charge in [-0.1, -0.05) is 0 Å². The van der Waals surface area contributed by atoms with E-state index in [-0.39, 0.29) is 5.82 Å². The summed E-state index contributed by atoms with van der Waals surface area (Å²) in [6.45, 7) is 0. The monoisotopic (exact) mass is 151 g/mol. The zero-order valence-corrected chi connectivity index (χ0v) is 5.80. The van der Waals surface area contributed by atoms with Crippen LogP contribution in [0.3, 0.4) is 0 Å². The Hall–Kier alpha value is -1.81. The summed E-state index contributed by atoms with van der Waals surface area (Å²) < 4.78 is 4.77. The van der Waals surface area contributed by atoms with Gasteiger partial charge in [-0.3, -0.25) is 0 Å². The highest BCUT2D eigenvalue weighted by atomic mass is 16.5. The predicted octanol–water partition coefficient (Wildman–Crippen LogP) is 1.43. The van der Waals surface area contributed by atoms with Crippen molar-refractivity contribution in [1.82, 2.24) is 9.97 Å².